The number of hydrogen-bond donors (Lipinski definition) is 1. The molecule has 7 nitrogen and oxygen atoms in total. The van der Waals surface area contributed by atoms with E-state index in [4.69, 9.17) is 14.2 Å². The summed E-state index contributed by atoms with van der Waals surface area (Å²) >= 11 is 0. The lowest BCUT2D eigenvalue weighted by atomic mass is 9.72. The SMILES string of the molecule is Cc1cn([C@@H]2O[C@@]3(COCc4ccccc4)CCC(C)C2[C@H]3OCc2ccccc2)c(=O)[nH]c1=O. The molecule has 2 unspecified atom stereocenters. The van der Waals surface area contributed by atoms with Gasteiger partial charge in [0.1, 0.15) is 11.8 Å². The second-order valence-electron chi connectivity index (χ2n) is 9.84. The maximum absolute atomic E-state index is 12.8. The molecule has 1 saturated heterocycles. The van der Waals surface area contributed by atoms with E-state index in [1.807, 2.05) is 60.7 Å². The summed E-state index contributed by atoms with van der Waals surface area (Å²) in [6.07, 6.45) is 2.51. The Labute approximate surface area is 204 Å². The minimum absolute atomic E-state index is 0.0595. The number of H-pyrrole nitrogens is 1. The van der Waals surface area contributed by atoms with E-state index in [0.29, 0.717) is 25.4 Å². The van der Waals surface area contributed by atoms with Crippen LogP contribution >= 0.6 is 0 Å². The standard InChI is InChI=1S/C28H32N2O5/c1-19-13-14-28(18-33-16-21-9-5-3-6-10-21)24(34-17-22-11-7-4-8-12-22)23(19)26(35-28)30-15-20(2)25(31)29-27(30)32/h3-12,15,19,23-24,26H,13-14,16-18H2,1-2H3,(H,29,31,32)/t19?,23?,24-,26-,28-/m1/s1. The summed E-state index contributed by atoms with van der Waals surface area (Å²) in [5.41, 5.74) is 1.12. The van der Waals surface area contributed by atoms with Gasteiger partial charge in [-0.25, -0.2) is 4.79 Å². The van der Waals surface area contributed by atoms with E-state index >= 15 is 0 Å². The third-order valence-electron chi connectivity index (χ3n) is 7.38. The van der Waals surface area contributed by atoms with Gasteiger partial charge in [0, 0.05) is 17.7 Å². The van der Waals surface area contributed by atoms with Crippen molar-refractivity contribution in [1.29, 1.82) is 0 Å². The number of aryl methyl sites for hydroxylation is 1. The first-order valence-corrected chi connectivity index (χ1v) is 12.2. The molecule has 2 aromatic carbocycles. The Morgan fingerprint density at radius 3 is 2.37 bits per heavy atom. The van der Waals surface area contributed by atoms with Crippen molar-refractivity contribution in [3.8, 4) is 0 Å². The molecule has 3 aromatic rings. The minimum atomic E-state index is -0.686. The van der Waals surface area contributed by atoms with Crippen molar-refractivity contribution in [2.75, 3.05) is 6.61 Å². The van der Waals surface area contributed by atoms with E-state index in [0.717, 1.165) is 24.0 Å². The van der Waals surface area contributed by atoms with Crippen LogP contribution in [0.5, 0.6) is 0 Å². The second kappa shape index (κ2) is 9.93. The molecule has 184 valence electrons. The van der Waals surface area contributed by atoms with Crippen molar-refractivity contribution < 1.29 is 14.2 Å². The lowest BCUT2D eigenvalue weighted by molar-refractivity contribution is -0.165. The number of hydrogen-bond acceptors (Lipinski definition) is 5. The molecule has 7 heteroatoms. The van der Waals surface area contributed by atoms with Gasteiger partial charge in [-0.3, -0.25) is 14.3 Å². The summed E-state index contributed by atoms with van der Waals surface area (Å²) in [7, 11) is 0. The second-order valence-corrected chi connectivity index (χ2v) is 9.84. The van der Waals surface area contributed by atoms with Gasteiger partial charge in [0.05, 0.1) is 25.9 Å². The molecule has 2 heterocycles. The molecule has 2 bridgehead atoms. The van der Waals surface area contributed by atoms with Gasteiger partial charge in [-0.05, 0) is 36.8 Å². The van der Waals surface area contributed by atoms with Gasteiger partial charge in [-0.15, -0.1) is 0 Å². The van der Waals surface area contributed by atoms with Crippen LogP contribution in [0.3, 0.4) is 0 Å². The molecule has 0 spiro atoms. The van der Waals surface area contributed by atoms with Gasteiger partial charge in [0.25, 0.3) is 5.56 Å². The largest absolute Gasteiger partial charge is 0.374 e. The van der Waals surface area contributed by atoms with E-state index in [1.165, 1.54) is 4.57 Å². The molecule has 1 aliphatic heterocycles. The summed E-state index contributed by atoms with van der Waals surface area (Å²) in [5, 5.41) is 0. The molecule has 2 aliphatic rings. The fourth-order valence-electron chi connectivity index (χ4n) is 5.48. The fourth-order valence-corrected chi connectivity index (χ4v) is 5.48. The minimum Gasteiger partial charge on any atom is -0.374 e. The zero-order chi connectivity index (χ0) is 24.4. The molecule has 1 aromatic heterocycles. The predicted molar refractivity (Wildman–Crippen MR) is 132 cm³/mol. The topological polar surface area (TPSA) is 82.6 Å². The normalized spacial score (nSPS) is 27.7. The zero-order valence-corrected chi connectivity index (χ0v) is 20.2. The quantitative estimate of drug-likeness (QED) is 0.532. The van der Waals surface area contributed by atoms with Crippen molar-refractivity contribution >= 4 is 0 Å². The monoisotopic (exact) mass is 476 g/mol. The van der Waals surface area contributed by atoms with Crippen LogP contribution in [0, 0.1) is 18.8 Å². The van der Waals surface area contributed by atoms with E-state index in [9.17, 15) is 9.59 Å². The Hall–Kier alpha value is -3.00. The Morgan fingerprint density at radius 2 is 1.69 bits per heavy atom. The van der Waals surface area contributed by atoms with Gasteiger partial charge in [-0.2, -0.15) is 0 Å². The van der Waals surface area contributed by atoms with Crippen molar-refractivity contribution in [2.45, 2.75) is 57.8 Å². The molecule has 0 amide bonds. The van der Waals surface area contributed by atoms with E-state index in [-0.39, 0.29) is 23.5 Å². The average molecular weight is 477 g/mol. The van der Waals surface area contributed by atoms with E-state index in [2.05, 4.69) is 11.9 Å². The maximum atomic E-state index is 12.8. The molecule has 0 radical (unpaired) electrons. The van der Waals surface area contributed by atoms with Crippen LogP contribution in [-0.2, 0) is 27.4 Å². The predicted octanol–water partition coefficient (Wildman–Crippen LogP) is 3.96. The number of benzene rings is 2. The van der Waals surface area contributed by atoms with Gasteiger partial charge < -0.3 is 14.2 Å². The van der Waals surface area contributed by atoms with Crippen molar-refractivity contribution in [3.05, 3.63) is 104 Å². The first-order valence-electron chi connectivity index (χ1n) is 12.2. The van der Waals surface area contributed by atoms with Crippen LogP contribution in [0.15, 0.2) is 76.4 Å². The highest BCUT2D eigenvalue weighted by Gasteiger charge is 2.61. The summed E-state index contributed by atoms with van der Waals surface area (Å²) in [6.45, 7) is 5.16. The molecule has 1 aliphatic carbocycles. The molecule has 1 N–H and O–H groups in total. The number of aromatic nitrogens is 2. The molecule has 2 fully saturated rings. The molecule has 5 rings (SSSR count). The summed E-state index contributed by atoms with van der Waals surface area (Å²) in [5.74, 6) is 0.209. The van der Waals surface area contributed by atoms with Crippen molar-refractivity contribution in [1.82, 2.24) is 9.55 Å². The van der Waals surface area contributed by atoms with Crippen LogP contribution in [0.1, 0.15) is 42.7 Å². The molecule has 5 atom stereocenters. The number of aromatic amines is 1. The molecular weight excluding hydrogens is 444 g/mol. The average Bonchev–Trinajstić information content (AvgIpc) is 3.10. The Morgan fingerprint density at radius 1 is 1.03 bits per heavy atom. The van der Waals surface area contributed by atoms with E-state index < -0.39 is 17.5 Å². The smallest absolute Gasteiger partial charge is 0.330 e. The number of nitrogens with one attached hydrogen (secondary N) is 1. The van der Waals surface area contributed by atoms with Gasteiger partial charge in [0.2, 0.25) is 0 Å². The lowest BCUT2D eigenvalue weighted by Crippen LogP contribution is -2.51. The first kappa shape index (κ1) is 23.7. The van der Waals surface area contributed by atoms with Crippen molar-refractivity contribution in [3.63, 3.8) is 0 Å². The maximum Gasteiger partial charge on any atom is 0.330 e. The van der Waals surface area contributed by atoms with Crippen LogP contribution in [0.4, 0.5) is 0 Å². The fraction of sp³-hybridized carbons (Fsp3) is 0.429. The molecule has 35 heavy (non-hydrogen) atoms. The molecule has 1 saturated carbocycles. The highest BCUT2D eigenvalue weighted by molar-refractivity contribution is 5.16. The summed E-state index contributed by atoms with van der Waals surface area (Å²) in [4.78, 5) is 27.3. The highest BCUT2D eigenvalue weighted by Crippen LogP contribution is 2.54. The number of nitrogens with zero attached hydrogens (tertiary/aromatic N) is 1. The zero-order valence-electron chi connectivity index (χ0n) is 20.2. The lowest BCUT2D eigenvalue weighted by Gasteiger charge is -2.41. The third-order valence-corrected chi connectivity index (χ3v) is 7.38. The van der Waals surface area contributed by atoms with Crippen LogP contribution in [-0.4, -0.2) is 27.9 Å². The third kappa shape index (κ3) is 4.76. The van der Waals surface area contributed by atoms with E-state index in [1.54, 1.807) is 13.1 Å². The van der Waals surface area contributed by atoms with Gasteiger partial charge >= 0.3 is 5.69 Å². The Balaban J connectivity index is 1.46. The Kier molecular flexibility index (Phi) is 6.73. The van der Waals surface area contributed by atoms with Crippen molar-refractivity contribution in [2.24, 2.45) is 11.8 Å². The molecular formula is C28H32N2O5. The summed E-state index contributed by atoms with van der Waals surface area (Å²) in [6, 6.07) is 20.1. The number of fused-ring (bicyclic) bond motifs is 2. The Bertz CT molecular complexity index is 1260. The van der Waals surface area contributed by atoms with Crippen LogP contribution in [0.25, 0.3) is 0 Å². The number of rotatable bonds is 8. The highest BCUT2D eigenvalue weighted by atomic mass is 16.6. The summed E-state index contributed by atoms with van der Waals surface area (Å²) < 4.78 is 21.1. The van der Waals surface area contributed by atoms with Gasteiger partial charge in [-0.1, -0.05) is 67.6 Å². The van der Waals surface area contributed by atoms with Crippen LogP contribution in [0.2, 0.25) is 0 Å². The van der Waals surface area contributed by atoms with Gasteiger partial charge in [0.15, 0.2) is 0 Å². The number of ether oxygens (including phenoxy) is 3. The van der Waals surface area contributed by atoms with Crippen LogP contribution < -0.4 is 11.2 Å². The first-order chi connectivity index (χ1) is 17.0.